The zero-order valence-corrected chi connectivity index (χ0v) is 7.18. The van der Waals surface area contributed by atoms with E-state index in [0.29, 0.717) is 5.56 Å². The maximum Gasteiger partial charge on any atom is 0.201 e. The summed E-state index contributed by atoms with van der Waals surface area (Å²) >= 11 is 0. The number of aromatic hydroxyl groups is 1. The Labute approximate surface area is 79.8 Å². The lowest BCUT2D eigenvalue weighted by atomic mass is 10.1. The summed E-state index contributed by atoms with van der Waals surface area (Å²) in [7, 11) is 0. The van der Waals surface area contributed by atoms with E-state index in [4.69, 9.17) is 0 Å². The van der Waals surface area contributed by atoms with Crippen LogP contribution in [0.15, 0.2) is 41.2 Å². The van der Waals surface area contributed by atoms with Gasteiger partial charge in [-0.2, -0.15) is 0 Å². The number of nitrogens with zero attached hydrogens (tertiary/aromatic N) is 1. The molecule has 4 nitrogen and oxygen atoms in total. The summed E-state index contributed by atoms with van der Waals surface area (Å²) in [6.45, 7) is 0. The third kappa shape index (κ3) is 1.37. The minimum absolute atomic E-state index is 0.0429. The standard InChI is InChI=1S/C10H7NO3/c12-9-4-2-1-3-8(9)10(13)7-5-11-14-6-7/h1-6,12H. The number of carbonyl (C=O) groups excluding carboxylic acids is 1. The van der Waals surface area contributed by atoms with Crippen LogP contribution in [0.5, 0.6) is 5.75 Å². The Hall–Kier alpha value is -2.10. The first-order valence-corrected chi connectivity index (χ1v) is 4.01. The molecule has 0 radical (unpaired) electrons. The number of rotatable bonds is 2. The molecule has 0 aliphatic carbocycles. The molecule has 0 aliphatic heterocycles. The van der Waals surface area contributed by atoms with Crippen LogP contribution in [0.1, 0.15) is 15.9 Å². The monoisotopic (exact) mass is 189 g/mol. The van der Waals surface area contributed by atoms with E-state index in [2.05, 4.69) is 9.68 Å². The first-order chi connectivity index (χ1) is 6.79. The fourth-order valence-electron chi connectivity index (χ4n) is 1.14. The first kappa shape index (κ1) is 8.50. The van der Waals surface area contributed by atoms with Crippen LogP contribution in [0.2, 0.25) is 0 Å². The predicted octanol–water partition coefficient (Wildman–Crippen LogP) is 1.61. The molecule has 0 atom stereocenters. The Morgan fingerprint density at radius 2 is 2.14 bits per heavy atom. The van der Waals surface area contributed by atoms with Crippen LogP contribution in [0.4, 0.5) is 0 Å². The van der Waals surface area contributed by atoms with Crippen molar-refractivity contribution >= 4 is 5.78 Å². The van der Waals surface area contributed by atoms with Crippen molar-refractivity contribution < 1.29 is 14.4 Å². The number of carbonyl (C=O) groups is 1. The average Bonchev–Trinajstić information content (AvgIpc) is 2.70. The van der Waals surface area contributed by atoms with Crippen molar-refractivity contribution in [3.05, 3.63) is 47.9 Å². The molecule has 0 saturated carbocycles. The molecule has 0 fully saturated rings. The van der Waals surface area contributed by atoms with Gasteiger partial charge in [-0.3, -0.25) is 4.79 Å². The molecule has 0 bridgehead atoms. The van der Waals surface area contributed by atoms with E-state index in [-0.39, 0.29) is 17.1 Å². The third-order valence-electron chi connectivity index (χ3n) is 1.84. The van der Waals surface area contributed by atoms with Gasteiger partial charge in [0, 0.05) is 0 Å². The largest absolute Gasteiger partial charge is 0.507 e. The van der Waals surface area contributed by atoms with Crippen molar-refractivity contribution in [1.82, 2.24) is 5.16 Å². The summed E-state index contributed by atoms with van der Waals surface area (Å²) in [4.78, 5) is 11.7. The van der Waals surface area contributed by atoms with Crippen LogP contribution in [0.25, 0.3) is 0 Å². The topological polar surface area (TPSA) is 63.3 Å². The lowest BCUT2D eigenvalue weighted by molar-refractivity contribution is 0.103. The van der Waals surface area contributed by atoms with Gasteiger partial charge in [-0.15, -0.1) is 0 Å². The molecule has 4 heteroatoms. The Bertz CT molecular complexity index is 448. The highest BCUT2D eigenvalue weighted by atomic mass is 16.5. The van der Waals surface area contributed by atoms with Gasteiger partial charge in [0.15, 0.2) is 0 Å². The van der Waals surface area contributed by atoms with Crippen molar-refractivity contribution in [2.24, 2.45) is 0 Å². The summed E-state index contributed by atoms with van der Waals surface area (Å²) < 4.78 is 4.54. The number of ketones is 1. The summed E-state index contributed by atoms with van der Waals surface area (Å²) in [6.07, 6.45) is 2.56. The number of benzene rings is 1. The quantitative estimate of drug-likeness (QED) is 0.729. The molecule has 14 heavy (non-hydrogen) atoms. The molecule has 1 aromatic heterocycles. The van der Waals surface area contributed by atoms with Crippen LogP contribution >= 0.6 is 0 Å². The SMILES string of the molecule is O=C(c1cnoc1)c1ccccc1O. The maximum atomic E-state index is 11.7. The van der Waals surface area contributed by atoms with E-state index in [9.17, 15) is 9.90 Å². The fourth-order valence-corrected chi connectivity index (χ4v) is 1.14. The summed E-state index contributed by atoms with van der Waals surface area (Å²) in [5.74, 6) is -0.344. The lowest BCUT2D eigenvalue weighted by Gasteiger charge is -1.99. The molecule has 0 saturated heterocycles. The lowest BCUT2D eigenvalue weighted by Crippen LogP contribution is -1.99. The minimum atomic E-state index is -0.302. The summed E-state index contributed by atoms with van der Waals surface area (Å²) in [6, 6.07) is 6.34. The number of para-hydroxylation sites is 1. The van der Waals surface area contributed by atoms with Crippen LogP contribution in [0.3, 0.4) is 0 Å². The highest BCUT2D eigenvalue weighted by molar-refractivity contribution is 6.10. The van der Waals surface area contributed by atoms with Gasteiger partial charge < -0.3 is 9.63 Å². The normalized spacial score (nSPS) is 10.0. The molecule has 0 aliphatic rings. The Morgan fingerprint density at radius 3 is 2.79 bits per heavy atom. The Kier molecular flexibility index (Phi) is 2.02. The molecule has 0 amide bonds. The maximum absolute atomic E-state index is 11.7. The van der Waals surface area contributed by atoms with E-state index in [1.807, 2.05) is 0 Å². The highest BCUT2D eigenvalue weighted by Gasteiger charge is 2.13. The Morgan fingerprint density at radius 1 is 1.36 bits per heavy atom. The smallest absolute Gasteiger partial charge is 0.201 e. The number of phenolic OH excluding ortho intramolecular Hbond substituents is 1. The van der Waals surface area contributed by atoms with Crippen LogP contribution in [-0.4, -0.2) is 16.0 Å². The van der Waals surface area contributed by atoms with Crippen LogP contribution < -0.4 is 0 Å². The second-order valence-corrected chi connectivity index (χ2v) is 2.76. The average molecular weight is 189 g/mol. The van der Waals surface area contributed by atoms with Gasteiger partial charge in [0.2, 0.25) is 5.78 Å². The predicted molar refractivity (Wildman–Crippen MR) is 48.0 cm³/mol. The molecule has 70 valence electrons. The van der Waals surface area contributed by atoms with E-state index in [1.54, 1.807) is 18.2 Å². The van der Waals surface area contributed by atoms with E-state index < -0.39 is 0 Å². The van der Waals surface area contributed by atoms with Gasteiger partial charge in [0.05, 0.1) is 17.3 Å². The van der Waals surface area contributed by atoms with Gasteiger partial charge in [-0.25, -0.2) is 0 Å². The van der Waals surface area contributed by atoms with Gasteiger partial charge in [-0.05, 0) is 12.1 Å². The number of hydrogen-bond acceptors (Lipinski definition) is 4. The van der Waals surface area contributed by atoms with E-state index in [1.165, 1.54) is 18.5 Å². The molecule has 0 spiro atoms. The molecule has 2 aromatic rings. The molecule has 2 rings (SSSR count). The van der Waals surface area contributed by atoms with E-state index in [0.717, 1.165) is 0 Å². The van der Waals surface area contributed by atoms with Crippen molar-refractivity contribution in [2.75, 3.05) is 0 Å². The van der Waals surface area contributed by atoms with E-state index >= 15 is 0 Å². The first-order valence-electron chi connectivity index (χ1n) is 4.01. The summed E-state index contributed by atoms with van der Waals surface area (Å²) in [5, 5.41) is 12.8. The van der Waals surface area contributed by atoms with Gasteiger partial charge in [0.1, 0.15) is 12.0 Å². The Balaban J connectivity index is 2.42. The third-order valence-corrected chi connectivity index (χ3v) is 1.84. The second-order valence-electron chi connectivity index (χ2n) is 2.76. The van der Waals surface area contributed by atoms with Gasteiger partial charge in [-0.1, -0.05) is 17.3 Å². The number of hydrogen-bond donors (Lipinski definition) is 1. The van der Waals surface area contributed by atoms with Crippen LogP contribution in [-0.2, 0) is 0 Å². The minimum Gasteiger partial charge on any atom is -0.507 e. The fraction of sp³-hybridized carbons (Fsp3) is 0. The molecule has 1 heterocycles. The number of phenols is 1. The second kappa shape index (κ2) is 3.33. The molecule has 1 N–H and O–H groups in total. The van der Waals surface area contributed by atoms with Crippen LogP contribution in [0, 0.1) is 0 Å². The number of aromatic nitrogens is 1. The zero-order chi connectivity index (χ0) is 9.97. The van der Waals surface area contributed by atoms with Gasteiger partial charge >= 0.3 is 0 Å². The summed E-state index contributed by atoms with van der Waals surface area (Å²) in [5.41, 5.74) is 0.571. The molecule has 0 unspecified atom stereocenters. The van der Waals surface area contributed by atoms with Crippen molar-refractivity contribution in [1.29, 1.82) is 0 Å². The van der Waals surface area contributed by atoms with Crippen molar-refractivity contribution in [3.63, 3.8) is 0 Å². The molecule has 1 aromatic carbocycles. The zero-order valence-electron chi connectivity index (χ0n) is 7.18. The van der Waals surface area contributed by atoms with Crippen molar-refractivity contribution in [3.8, 4) is 5.75 Å². The van der Waals surface area contributed by atoms with Crippen molar-refractivity contribution in [2.45, 2.75) is 0 Å². The molecular formula is C10H7NO3. The highest BCUT2D eigenvalue weighted by Crippen LogP contribution is 2.19. The van der Waals surface area contributed by atoms with Gasteiger partial charge in [0.25, 0.3) is 0 Å². The molecular weight excluding hydrogens is 182 g/mol.